The number of carbonyl (C=O) groups excluding carboxylic acids is 1. The van der Waals surface area contributed by atoms with E-state index in [9.17, 15) is 14.9 Å². The van der Waals surface area contributed by atoms with Gasteiger partial charge in [0.1, 0.15) is 24.7 Å². The molecule has 8 nitrogen and oxygen atoms in total. The van der Waals surface area contributed by atoms with E-state index in [0.717, 1.165) is 10.9 Å². The molecule has 0 fully saturated rings. The lowest BCUT2D eigenvalue weighted by Crippen LogP contribution is -2.19. The van der Waals surface area contributed by atoms with E-state index in [1.807, 2.05) is 0 Å². The van der Waals surface area contributed by atoms with Crippen LogP contribution in [0.3, 0.4) is 0 Å². The standard InChI is InChI=1S/C17H12Cl2N4O4/c18-11-1-4-14(5-2-11)27-16-6-3-12(19)7-15(16)21-17(24)10-22-9-13(8-20-22)23(25)26/h1-9H,10H2,(H,21,24). The van der Waals surface area contributed by atoms with E-state index in [4.69, 9.17) is 27.9 Å². The van der Waals surface area contributed by atoms with E-state index in [-0.39, 0.29) is 12.2 Å². The van der Waals surface area contributed by atoms with Gasteiger partial charge in [-0.25, -0.2) is 0 Å². The van der Waals surface area contributed by atoms with Gasteiger partial charge >= 0.3 is 5.69 Å². The van der Waals surface area contributed by atoms with E-state index < -0.39 is 10.8 Å². The van der Waals surface area contributed by atoms with Crippen LogP contribution in [0.15, 0.2) is 54.9 Å². The highest BCUT2D eigenvalue weighted by Crippen LogP contribution is 2.32. The third-order valence-corrected chi connectivity index (χ3v) is 3.88. The fourth-order valence-electron chi connectivity index (χ4n) is 2.19. The average molecular weight is 407 g/mol. The first-order valence-corrected chi connectivity index (χ1v) is 8.36. The fourth-order valence-corrected chi connectivity index (χ4v) is 2.49. The Balaban J connectivity index is 1.74. The minimum atomic E-state index is -0.587. The number of aromatic nitrogens is 2. The highest BCUT2D eigenvalue weighted by Gasteiger charge is 2.14. The molecule has 10 heteroatoms. The number of ether oxygens (including phenoxy) is 1. The van der Waals surface area contributed by atoms with Gasteiger partial charge in [-0.05, 0) is 42.5 Å². The van der Waals surface area contributed by atoms with Crippen molar-refractivity contribution in [2.24, 2.45) is 0 Å². The number of anilines is 1. The predicted molar refractivity (Wildman–Crippen MR) is 100 cm³/mol. The number of benzene rings is 2. The Kier molecular flexibility index (Phi) is 5.58. The monoisotopic (exact) mass is 406 g/mol. The molecule has 3 rings (SSSR count). The molecule has 1 N–H and O–H groups in total. The Hall–Kier alpha value is -3.10. The van der Waals surface area contributed by atoms with Crippen molar-refractivity contribution in [3.63, 3.8) is 0 Å². The number of hydrogen-bond acceptors (Lipinski definition) is 5. The van der Waals surface area contributed by atoms with Gasteiger partial charge in [0.15, 0.2) is 5.75 Å². The molecule has 0 saturated heterocycles. The molecule has 0 radical (unpaired) electrons. The second-order valence-corrected chi connectivity index (χ2v) is 6.27. The number of nitro groups is 1. The summed E-state index contributed by atoms with van der Waals surface area (Å²) in [5.74, 6) is 0.456. The number of carbonyl (C=O) groups is 1. The molecule has 3 aromatic rings. The molecule has 1 heterocycles. The van der Waals surface area contributed by atoms with Crippen molar-refractivity contribution in [2.45, 2.75) is 6.54 Å². The lowest BCUT2D eigenvalue weighted by molar-refractivity contribution is -0.385. The smallest absolute Gasteiger partial charge is 0.307 e. The van der Waals surface area contributed by atoms with Gasteiger partial charge in [-0.2, -0.15) is 5.10 Å². The van der Waals surface area contributed by atoms with Gasteiger partial charge < -0.3 is 10.1 Å². The summed E-state index contributed by atoms with van der Waals surface area (Å²) in [6, 6.07) is 11.5. The first-order valence-electron chi connectivity index (χ1n) is 7.60. The Morgan fingerprint density at radius 2 is 1.89 bits per heavy atom. The third-order valence-electron chi connectivity index (χ3n) is 3.39. The number of hydrogen-bond donors (Lipinski definition) is 1. The molecule has 0 spiro atoms. The van der Waals surface area contributed by atoms with Crippen LogP contribution in [0.2, 0.25) is 10.0 Å². The number of nitrogens with zero attached hydrogens (tertiary/aromatic N) is 3. The Bertz CT molecular complexity index is 989. The quantitative estimate of drug-likeness (QED) is 0.478. The number of nitrogens with one attached hydrogen (secondary N) is 1. The van der Waals surface area contributed by atoms with Crippen molar-refractivity contribution in [1.82, 2.24) is 9.78 Å². The Morgan fingerprint density at radius 1 is 1.19 bits per heavy atom. The van der Waals surface area contributed by atoms with Gasteiger partial charge in [-0.1, -0.05) is 23.2 Å². The SMILES string of the molecule is O=C(Cn1cc([N+](=O)[O-])cn1)Nc1cc(Cl)ccc1Oc1ccc(Cl)cc1. The molecule has 0 aliphatic rings. The number of amides is 1. The third kappa shape index (κ3) is 4.96. The van der Waals surface area contributed by atoms with Gasteiger partial charge in [0.05, 0.1) is 10.6 Å². The van der Waals surface area contributed by atoms with Crippen LogP contribution in [0.5, 0.6) is 11.5 Å². The van der Waals surface area contributed by atoms with Crippen molar-refractivity contribution >= 4 is 40.5 Å². The lowest BCUT2D eigenvalue weighted by Gasteiger charge is -2.13. The van der Waals surface area contributed by atoms with Gasteiger partial charge in [-0.15, -0.1) is 0 Å². The maximum absolute atomic E-state index is 12.3. The van der Waals surface area contributed by atoms with Crippen molar-refractivity contribution in [3.8, 4) is 11.5 Å². The summed E-state index contributed by atoms with van der Waals surface area (Å²) in [5, 5.41) is 18.1. The molecule has 0 saturated carbocycles. The lowest BCUT2D eigenvalue weighted by atomic mass is 10.2. The fraction of sp³-hybridized carbons (Fsp3) is 0.0588. The molecule has 2 aromatic carbocycles. The van der Waals surface area contributed by atoms with E-state index in [1.54, 1.807) is 36.4 Å². The second kappa shape index (κ2) is 8.07. The van der Waals surface area contributed by atoms with Crippen LogP contribution < -0.4 is 10.1 Å². The van der Waals surface area contributed by atoms with Gasteiger partial charge in [0, 0.05) is 10.0 Å². The van der Waals surface area contributed by atoms with Crippen molar-refractivity contribution in [3.05, 3.63) is 75.0 Å². The van der Waals surface area contributed by atoms with Gasteiger partial charge in [0.2, 0.25) is 5.91 Å². The van der Waals surface area contributed by atoms with Gasteiger partial charge in [-0.3, -0.25) is 19.6 Å². The number of rotatable bonds is 6. The van der Waals surface area contributed by atoms with Crippen LogP contribution in [-0.4, -0.2) is 20.6 Å². The van der Waals surface area contributed by atoms with Crippen molar-refractivity contribution in [1.29, 1.82) is 0 Å². The molecule has 0 bridgehead atoms. The molecule has 0 atom stereocenters. The molecular formula is C17H12Cl2N4O4. The molecule has 0 unspecified atom stereocenters. The Labute approximate surface area is 163 Å². The van der Waals surface area contributed by atoms with Crippen LogP contribution in [0.1, 0.15) is 0 Å². The molecule has 1 amide bonds. The highest BCUT2D eigenvalue weighted by atomic mass is 35.5. The minimum absolute atomic E-state index is 0.197. The van der Waals surface area contributed by atoms with Gasteiger partial charge in [0.25, 0.3) is 0 Å². The van der Waals surface area contributed by atoms with Crippen LogP contribution in [0.25, 0.3) is 0 Å². The summed E-state index contributed by atoms with van der Waals surface area (Å²) in [6.45, 7) is -0.208. The molecule has 138 valence electrons. The van der Waals surface area contributed by atoms with E-state index in [1.165, 1.54) is 12.3 Å². The normalized spacial score (nSPS) is 10.4. The zero-order valence-electron chi connectivity index (χ0n) is 13.6. The summed E-state index contributed by atoms with van der Waals surface area (Å²) >= 11 is 11.9. The topological polar surface area (TPSA) is 99.3 Å². The summed E-state index contributed by atoms with van der Waals surface area (Å²) in [5.41, 5.74) is 0.154. The Morgan fingerprint density at radius 3 is 2.56 bits per heavy atom. The molecule has 1 aromatic heterocycles. The minimum Gasteiger partial charge on any atom is -0.455 e. The van der Waals surface area contributed by atoms with Crippen molar-refractivity contribution < 1.29 is 14.5 Å². The summed E-state index contributed by atoms with van der Waals surface area (Å²) < 4.78 is 6.93. The first-order chi connectivity index (χ1) is 12.9. The first kappa shape index (κ1) is 18.7. The second-order valence-electron chi connectivity index (χ2n) is 5.40. The largest absolute Gasteiger partial charge is 0.455 e. The summed E-state index contributed by atoms with van der Waals surface area (Å²) in [4.78, 5) is 22.4. The van der Waals surface area contributed by atoms with Crippen LogP contribution >= 0.6 is 23.2 Å². The summed E-state index contributed by atoms with van der Waals surface area (Å²) in [7, 11) is 0. The molecular weight excluding hydrogens is 395 g/mol. The predicted octanol–water partition coefficient (Wildman–Crippen LogP) is 4.53. The van der Waals surface area contributed by atoms with Crippen LogP contribution in [-0.2, 0) is 11.3 Å². The maximum Gasteiger partial charge on any atom is 0.307 e. The molecule has 0 aliphatic heterocycles. The van der Waals surface area contributed by atoms with Crippen molar-refractivity contribution in [2.75, 3.05) is 5.32 Å². The molecule has 27 heavy (non-hydrogen) atoms. The highest BCUT2D eigenvalue weighted by molar-refractivity contribution is 6.31. The van der Waals surface area contributed by atoms with E-state index >= 15 is 0 Å². The zero-order valence-corrected chi connectivity index (χ0v) is 15.1. The van der Waals surface area contributed by atoms with E-state index in [0.29, 0.717) is 27.2 Å². The summed E-state index contributed by atoms with van der Waals surface area (Å²) in [6.07, 6.45) is 2.24. The zero-order chi connectivity index (χ0) is 19.4. The van der Waals surface area contributed by atoms with Crippen LogP contribution in [0.4, 0.5) is 11.4 Å². The van der Waals surface area contributed by atoms with Crippen LogP contribution in [0, 0.1) is 10.1 Å². The number of halogens is 2. The van der Waals surface area contributed by atoms with E-state index in [2.05, 4.69) is 10.4 Å². The maximum atomic E-state index is 12.3. The molecule has 0 aliphatic carbocycles. The average Bonchev–Trinajstić information content (AvgIpc) is 3.08.